The highest BCUT2D eigenvalue weighted by atomic mass is 35.5. The van der Waals surface area contributed by atoms with Crippen molar-refractivity contribution >= 4 is 51.6 Å². The van der Waals surface area contributed by atoms with Crippen molar-refractivity contribution in [1.82, 2.24) is 34.3 Å². The van der Waals surface area contributed by atoms with Gasteiger partial charge in [0.2, 0.25) is 17.7 Å². The topological polar surface area (TPSA) is 135 Å². The lowest BCUT2D eigenvalue weighted by Crippen LogP contribution is -2.43. The van der Waals surface area contributed by atoms with Crippen molar-refractivity contribution in [2.24, 2.45) is 7.05 Å². The molecule has 12 nitrogen and oxygen atoms in total. The van der Waals surface area contributed by atoms with Gasteiger partial charge in [0.05, 0.1) is 47.2 Å². The fraction of sp³-hybridized carbons (Fsp3) is 0.581. The number of methoxy groups -OCH3 is 1. The lowest BCUT2D eigenvalue weighted by atomic mass is 9.88. The molecule has 14 heteroatoms. The zero-order chi connectivity index (χ0) is 31.9. The van der Waals surface area contributed by atoms with Crippen LogP contribution in [0.1, 0.15) is 61.6 Å². The number of piperidine rings is 2. The first kappa shape index (κ1) is 33.2. The van der Waals surface area contributed by atoms with Gasteiger partial charge in [0.25, 0.3) is 0 Å². The molecule has 0 spiro atoms. The lowest BCUT2D eigenvalue weighted by Gasteiger charge is -2.34. The van der Waals surface area contributed by atoms with E-state index in [1.165, 1.54) is 18.9 Å². The van der Waals surface area contributed by atoms with Crippen LogP contribution >= 0.6 is 11.6 Å². The van der Waals surface area contributed by atoms with Crippen molar-refractivity contribution < 1.29 is 18.5 Å². The summed E-state index contributed by atoms with van der Waals surface area (Å²) in [7, 11) is 4.04. The van der Waals surface area contributed by atoms with Crippen molar-refractivity contribution in [2.75, 3.05) is 58.0 Å². The number of aromatic nitrogens is 4. The number of nitrogens with zero attached hydrogens (tertiary/aromatic N) is 6. The number of hydrogen-bond acceptors (Lipinski definition) is 9. The number of hydrogen-bond donors (Lipinski definition) is 2. The monoisotopic (exact) mass is 658 g/mol. The van der Waals surface area contributed by atoms with Crippen molar-refractivity contribution in [1.29, 1.82) is 0 Å². The molecule has 5 rings (SSSR count). The molecule has 2 N–H and O–H groups in total. The van der Waals surface area contributed by atoms with Gasteiger partial charge in [-0.05, 0) is 62.7 Å². The quantitative estimate of drug-likeness (QED) is 0.266. The minimum absolute atomic E-state index is 0.124. The molecule has 2 aliphatic heterocycles. The summed E-state index contributed by atoms with van der Waals surface area (Å²) >= 11 is 6.03. The number of halogens is 1. The molecule has 2 atom stereocenters. The summed E-state index contributed by atoms with van der Waals surface area (Å²) in [6.45, 7) is 4.28. The summed E-state index contributed by atoms with van der Waals surface area (Å²) in [5.74, 6) is 1.34. The van der Waals surface area contributed by atoms with E-state index >= 15 is 0 Å². The summed E-state index contributed by atoms with van der Waals surface area (Å²) in [5.41, 5.74) is 3.00. The van der Waals surface area contributed by atoms with E-state index in [1.54, 1.807) is 7.05 Å². The number of nitrogens with one attached hydrogen (secondary N) is 2. The van der Waals surface area contributed by atoms with Gasteiger partial charge in [-0.1, -0.05) is 23.7 Å². The van der Waals surface area contributed by atoms with Crippen LogP contribution in [0.2, 0.25) is 5.02 Å². The molecule has 0 aliphatic carbocycles. The first-order chi connectivity index (χ1) is 21.8. The number of benzene rings is 1. The second-order valence-electron chi connectivity index (χ2n) is 11.7. The summed E-state index contributed by atoms with van der Waals surface area (Å²) in [4.78, 5) is 34.6. The van der Waals surface area contributed by atoms with Crippen LogP contribution < -0.4 is 15.4 Å². The van der Waals surface area contributed by atoms with E-state index in [4.69, 9.17) is 21.4 Å². The third-order valence-electron chi connectivity index (χ3n) is 8.99. The second-order valence-corrected chi connectivity index (χ2v) is 13.7. The van der Waals surface area contributed by atoms with E-state index in [-0.39, 0.29) is 11.9 Å². The van der Waals surface area contributed by atoms with Crippen LogP contribution in [0.4, 0.5) is 5.95 Å². The molecule has 2 aromatic heterocycles. The van der Waals surface area contributed by atoms with Crippen LogP contribution in [0.15, 0.2) is 24.4 Å². The zero-order valence-electron chi connectivity index (χ0n) is 26.2. The summed E-state index contributed by atoms with van der Waals surface area (Å²) in [6.07, 6.45) is 6.93. The molecule has 45 heavy (non-hydrogen) atoms. The third-order valence-corrected chi connectivity index (χ3v) is 10.7. The second kappa shape index (κ2) is 15.4. The lowest BCUT2D eigenvalue weighted by molar-refractivity contribution is -0.122. The van der Waals surface area contributed by atoms with Crippen molar-refractivity contribution in [3.63, 3.8) is 0 Å². The number of fused-ring (bicyclic) bond motifs is 1. The van der Waals surface area contributed by atoms with Crippen molar-refractivity contribution in [3.8, 4) is 5.88 Å². The number of amides is 1. The number of aryl methyl sites for hydroxylation is 1. The van der Waals surface area contributed by atoms with Crippen LogP contribution in [0.25, 0.3) is 10.9 Å². The first-order valence-electron chi connectivity index (χ1n) is 15.6. The van der Waals surface area contributed by atoms with Gasteiger partial charge in [0.1, 0.15) is 11.3 Å². The maximum Gasteiger partial charge on any atom is 0.237 e. The number of carbonyl (C=O) groups is 2. The van der Waals surface area contributed by atoms with E-state index in [2.05, 4.69) is 48.0 Å². The molecule has 0 bridgehead atoms. The van der Waals surface area contributed by atoms with E-state index in [1.807, 2.05) is 11.7 Å². The van der Waals surface area contributed by atoms with Crippen LogP contribution in [-0.4, -0.2) is 104 Å². The Morgan fingerprint density at radius 3 is 2.64 bits per heavy atom. The number of rotatable bonds is 13. The molecular formula is C31H43ClN8O4S. The number of aldehydes is 1. The minimum Gasteiger partial charge on any atom is -0.480 e. The molecule has 0 saturated carbocycles. The molecule has 2 fully saturated rings. The normalized spacial score (nSPS) is 18.5. The highest BCUT2D eigenvalue weighted by Gasteiger charge is 2.28. The van der Waals surface area contributed by atoms with Gasteiger partial charge in [0.15, 0.2) is 0 Å². The predicted molar refractivity (Wildman–Crippen MR) is 176 cm³/mol. The van der Waals surface area contributed by atoms with E-state index in [9.17, 15) is 13.8 Å². The Kier molecular flexibility index (Phi) is 11.4. The predicted octanol–water partition coefficient (Wildman–Crippen LogP) is 3.25. The molecule has 3 aromatic rings. The zero-order valence-corrected chi connectivity index (χ0v) is 27.8. The molecular weight excluding hydrogens is 616 g/mol. The SMILES string of the molecule is CNC(=O)C(CCC=O)c1nn(C)c2cc(C3CCN(CCS(=O)N4CCC(Nc5ncc(Cl)c(OC)n5)CC4)CC3)ccc12. The van der Waals surface area contributed by atoms with E-state index < -0.39 is 16.9 Å². The van der Waals surface area contributed by atoms with Crippen LogP contribution in [0.5, 0.6) is 5.88 Å². The minimum atomic E-state index is -1.01. The number of likely N-dealkylation sites (N-methyl/N-ethyl adjacent to an activating group) is 1. The largest absolute Gasteiger partial charge is 0.480 e. The fourth-order valence-corrected chi connectivity index (χ4v) is 7.85. The third kappa shape index (κ3) is 8.00. The summed E-state index contributed by atoms with van der Waals surface area (Å²) in [6, 6.07) is 6.66. The van der Waals surface area contributed by atoms with Crippen LogP contribution in [0, 0.1) is 0 Å². The molecule has 2 saturated heterocycles. The number of likely N-dealkylation sites (tertiary alicyclic amines) is 1. The Labute approximate surface area is 271 Å². The van der Waals surface area contributed by atoms with Gasteiger partial charge in [-0.2, -0.15) is 10.1 Å². The highest BCUT2D eigenvalue weighted by Crippen LogP contribution is 2.34. The molecule has 4 heterocycles. The van der Waals surface area contributed by atoms with Gasteiger partial charge in [-0.3, -0.25) is 9.48 Å². The molecule has 1 aromatic carbocycles. The molecule has 2 aliphatic rings. The Bertz CT molecular complexity index is 1500. The number of ether oxygens (including phenoxy) is 1. The molecule has 1 amide bonds. The van der Waals surface area contributed by atoms with Crippen LogP contribution in [0.3, 0.4) is 0 Å². The maximum absolute atomic E-state index is 13.1. The van der Waals surface area contributed by atoms with Gasteiger partial charge < -0.3 is 25.1 Å². The fourth-order valence-electron chi connectivity index (χ4n) is 6.39. The number of carbonyl (C=O) groups excluding carboxylic acids is 2. The van der Waals surface area contributed by atoms with E-state index in [0.29, 0.717) is 41.4 Å². The van der Waals surface area contributed by atoms with Crippen LogP contribution in [-0.2, 0) is 27.6 Å². The van der Waals surface area contributed by atoms with Gasteiger partial charge in [-0.25, -0.2) is 13.5 Å². The van der Waals surface area contributed by atoms with Gasteiger partial charge >= 0.3 is 0 Å². The van der Waals surface area contributed by atoms with Crippen molar-refractivity contribution in [2.45, 2.75) is 56.4 Å². The summed E-state index contributed by atoms with van der Waals surface area (Å²) < 4.78 is 22.2. The summed E-state index contributed by atoms with van der Waals surface area (Å²) in [5, 5.41) is 12.1. The average molecular weight is 659 g/mol. The molecule has 0 radical (unpaired) electrons. The Balaban J connectivity index is 1.09. The Hall–Kier alpha value is -3.13. The number of anilines is 1. The Morgan fingerprint density at radius 1 is 1.20 bits per heavy atom. The maximum atomic E-state index is 13.1. The Morgan fingerprint density at radius 2 is 1.96 bits per heavy atom. The standard InChI is InChI=1S/C31H43ClN8O4S/c1-33-29(42)25(5-4-17-41)28-24-7-6-22(19-27(24)38(2)37-28)21-8-12-39(13-9-21)16-18-45(43)40-14-10-23(11-15-40)35-31-34-20-26(32)30(36-31)44-3/h6-7,17,19-21,23,25H,4-5,8-16,18H2,1-3H3,(H,33,42)(H,34,35,36). The first-order valence-corrected chi connectivity index (χ1v) is 17.3. The van der Waals surface area contributed by atoms with Crippen molar-refractivity contribution in [3.05, 3.63) is 40.7 Å². The van der Waals surface area contributed by atoms with E-state index in [0.717, 1.165) is 81.3 Å². The molecule has 244 valence electrons. The molecule has 2 unspecified atom stereocenters. The highest BCUT2D eigenvalue weighted by molar-refractivity contribution is 7.82. The smallest absolute Gasteiger partial charge is 0.237 e. The average Bonchev–Trinajstić information content (AvgIpc) is 3.40. The van der Waals surface area contributed by atoms with Gasteiger partial charge in [-0.15, -0.1) is 0 Å². The van der Waals surface area contributed by atoms with Gasteiger partial charge in [0, 0.05) is 51.6 Å².